The Kier molecular flexibility index (Phi) is 1.39. The maximum atomic E-state index is 11.6. The molecule has 0 aliphatic rings. The molecule has 0 saturated heterocycles. The van der Waals surface area contributed by atoms with E-state index in [2.05, 4.69) is 15.0 Å². The number of nitrogens with one attached hydrogen (secondary N) is 2. The molecule has 2 heterocycles. The van der Waals surface area contributed by atoms with E-state index in [4.69, 9.17) is 5.73 Å². The number of rotatable bonds is 0. The van der Waals surface area contributed by atoms with Crippen molar-refractivity contribution in [3.8, 4) is 0 Å². The van der Waals surface area contributed by atoms with Crippen molar-refractivity contribution in [3.63, 3.8) is 0 Å². The van der Waals surface area contributed by atoms with Crippen LogP contribution in [0.4, 0.5) is 5.82 Å². The van der Waals surface area contributed by atoms with Crippen molar-refractivity contribution in [2.24, 2.45) is 0 Å². The molecule has 5 heteroatoms. The van der Waals surface area contributed by atoms with Gasteiger partial charge in [-0.25, -0.2) is 4.98 Å². The standard InChI is InChI=1S/C10H8N4O/c11-9-2-5-1-7-8(13-4-12-7)3-6(5)10(15)14-9/h1-4H,(H,12,13)(H3,11,14,15). The molecule has 0 unspecified atom stereocenters. The van der Waals surface area contributed by atoms with Gasteiger partial charge < -0.3 is 15.7 Å². The molecule has 4 N–H and O–H groups in total. The van der Waals surface area contributed by atoms with Gasteiger partial charge in [0.05, 0.1) is 17.4 Å². The highest BCUT2D eigenvalue weighted by atomic mass is 16.1. The second-order valence-electron chi connectivity index (χ2n) is 3.41. The Morgan fingerprint density at radius 1 is 1.27 bits per heavy atom. The lowest BCUT2D eigenvalue weighted by molar-refractivity contribution is 1.29. The number of nitrogens with two attached hydrogens (primary N) is 1. The molecule has 0 bridgehead atoms. The molecule has 3 rings (SSSR count). The number of aromatic amines is 2. The first-order chi connectivity index (χ1) is 7.24. The van der Waals surface area contributed by atoms with Crippen LogP contribution in [0.2, 0.25) is 0 Å². The Bertz CT molecular complexity index is 710. The third-order valence-electron chi connectivity index (χ3n) is 2.41. The van der Waals surface area contributed by atoms with Gasteiger partial charge in [0.2, 0.25) is 0 Å². The van der Waals surface area contributed by atoms with E-state index in [9.17, 15) is 4.79 Å². The van der Waals surface area contributed by atoms with Crippen LogP contribution < -0.4 is 11.3 Å². The predicted octanol–water partition coefficient (Wildman–Crippen LogP) is 0.987. The monoisotopic (exact) mass is 200 g/mol. The maximum absolute atomic E-state index is 11.6. The zero-order valence-electron chi connectivity index (χ0n) is 7.74. The summed E-state index contributed by atoms with van der Waals surface area (Å²) in [7, 11) is 0. The highest BCUT2D eigenvalue weighted by Gasteiger charge is 2.03. The summed E-state index contributed by atoms with van der Waals surface area (Å²) in [6, 6.07) is 5.35. The van der Waals surface area contributed by atoms with Gasteiger partial charge in [-0.1, -0.05) is 0 Å². The Hall–Kier alpha value is -2.30. The van der Waals surface area contributed by atoms with Crippen molar-refractivity contribution in [2.45, 2.75) is 0 Å². The van der Waals surface area contributed by atoms with E-state index in [0.29, 0.717) is 11.2 Å². The van der Waals surface area contributed by atoms with Crippen LogP contribution in [0.3, 0.4) is 0 Å². The molecule has 2 aromatic heterocycles. The number of nitrogen functional groups attached to an aromatic ring is 1. The lowest BCUT2D eigenvalue weighted by Crippen LogP contribution is -2.08. The first kappa shape index (κ1) is 8.05. The molecular weight excluding hydrogens is 192 g/mol. The fraction of sp³-hybridized carbons (Fsp3) is 0. The summed E-state index contributed by atoms with van der Waals surface area (Å²) in [6.45, 7) is 0. The van der Waals surface area contributed by atoms with Crippen LogP contribution in [0.5, 0.6) is 0 Å². The van der Waals surface area contributed by atoms with E-state index in [1.54, 1.807) is 18.5 Å². The summed E-state index contributed by atoms with van der Waals surface area (Å²) in [5.74, 6) is 0.367. The fourth-order valence-electron chi connectivity index (χ4n) is 1.72. The van der Waals surface area contributed by atoms with Crippen LogP contribution in [-0.2, 0) is 0 Å². The molecule has 0 aliphatic heterocycles. The summed E-state index contributed by atoms with van der Waals surface area (Å²) < 4.78 is 0. The maximum Gasteiger partial charge on any atom is 0.257 e. The minimum atomic E-state index is -0.185. The lowest BCUT2D eigenvalue weighted by Gasteiger charge is -1.98. The number of anilines is 1. The first-order valence-electron chi connectivity index (χ1n) is 4.50. The van der Waals surface area contributed by atoms with Gasteiger partial charge in [-0.2, -0.15) is 0 Å². The van der Waals surface area contributed by atoms with Gasteiger partial charge in [0, 0.05) is 5.39 Å². The molecule has 0 saturated carbocycles. The number of hydrogen-bond donors (Lipinski definition) is 3. The fourth-order valence-corrected chi connectivity index (χ4v) is 1.72. The average Bonchev–Trinajstić information content (AvgIpc) is 2.61. The van der Waals surface area contributed by atoms with Gasteiger partial charge in [0.1, 0.15) is 5.82 Å². The molecule has 15 heavy (non-hydrogen) atoms. The van der Waals surface area contributed by atoms with Crippen molar-refractivity contribution in [1.29, 1.82) is 0 Å². The number of benzene rings is 1. The highest BCUT2D eigenvalue weighted by molar-refractivity contribution is 5.95. The molecule has 1 aromatic carbocycles. The van der Waals surface area contributed by atoms with Gasteiger partial charge in [-0.05, 0) is 23.6 Å². The molecule has 0 amide bonds. The number of H-pyrrole nitrogens is 2. The molecule has 0 atom stereocenters. The molecule has 0 aliphatic carbocycles. The minimum absolute atomic E-state index is 0.185. The number of fused-ring (bicyclic) bond motifs is 2. The Balaban J connectivity index is 2.59. The van der Waals surface area contributed by atoms with E-state index in [1.165, 1.54) is 0 Å². The molecule has 0 spiro atoms. The number of aromatic nitrogens is 3. The Morgan fingerprint density at radius 3 is 3.00 bits per heavy atom. The van der Waals surface area contributed by atoms with Crippen molar-refractivity contribution in [3.05, 3.63) is 34.9 Å². The van der Waals surface area contributed by atoms with E-state index >= 15 is 0 Å². The molecule has 5 nitrogen and oxygen atoms in total. The molecular formula is C10H8N4O. The second-order valence-corrected chi connectivity index (χ2v) is 3.41. The molecule has 0 radical (unpaired) electrons. The third kappa shape index (κ3) is 1.10. The number of pyridine rings is 1. The van der Waals surface area contributed by atoms with Gasteiger partial charge in [-0.15, -0.1) is 0 Å². The third-order valence-corrected chi connectivity index (χ3v) is 2.41. The van der Waals surface area contributed by atoms with E-state index in [-0.39, 0.29) is 5.56 Å². The molecule has 0 fully saturated rings. The number of hydrogen-bond acceptors (Lipinski definition) is 3. The summed E-state index contributed by atoms with van der Waals surface area (Å²) in [5, 5.41) is 1.41. The Morgan fingerprint density at radius 2 is 2.13 bits per heavy atom. The average molecular weight is 200 g/mol. The summed E-state index contributed by atoms with van der Waals surface area (Å²) in [5.41, 5.74) is 7.05. The van der Waals surface area contributed by atoms with Crippen LogP contribution in [0.1, 0.15) is 0 Å². The summed E-state index contributed by atoms with van der Waals surface area (Å²) in [6.07, 6.45) is 1.60. The predicted molar refractivity (Wildman–Crippen MR) is 58.6 cm³/mol. The zero-order valence-corrected chi connectivity index (χ0v) is 7.74. The topological polar surface area (TPSA) is 87.6 Å². The lowest BCUT2D eigenvalue weighted by atomic mass is 10.1. The SMILES string of the molecule is Nc1cc2cc3[nH]cnc3cc2c(=O)[nH]1. The smallest absolute Gasteiger partial charge is 0.257 e. The zero-order chi connectivity index (χ0) is 10.4. The van der Waals surface area contributed by atoms with Gasteiger partial charge in [-0.3, -0.25) is 4.79 Å². The largest absolute Gasteiger partial charge is 0.385 e. The quantitative estimate of drug-likeness (QED) is 0.505. The van der Waals surface area contributed by atoms with Gasteiger partial charge in [0.25, 0.3) is 5.56 Å². The van der Waals surface area contributed by atoms with Crippen LogP contribution in [0.15, 0.2) is 29.3 Å². The van der Waals surface area contributed by atoms with E-state index in [1.807, 2.05) is 6.07 Å². The van der Waals surface area contributed by atoms with Crippen LogP contribution in [0, 0.1) is 0 Å². The van der Waals surface area contributed by atoms with Crippen molar-refractivity contribution < 1.29 is 0 Å². The summed E-state index contributed by atoms with van der Waals surface area (Å²) in [4.78, 5) is 21.2. The van der Waals surface area contributed by atoms with Gasteiger partial charge in [0.15, 0.2) is 0 Å². The van der Waals surface area contributed by atoms with Crippen LogP contribution >= 0.6 is 0 Å². The van der Waals surface area contributed by atoms with Crippen LogP contribution in [0.25, 0.3) is 21.8 Å². The first-order valence-corrected chi connectivity index (χ1v) is 4.50. The normalized spacial score (nSPS) is 11.2. The van der Waals surface area contributed by atoms with Crippen molar-refractivity contribution in [2.75, 3.05) is 5.73 Å². The number of nitrogens with zero attached hydrogens (tertiary/aromatic N) is 1. The number of imidazole rings is 1. The van der Waals surface area contributed by atoms with E-state index < -0.39 is 0 Å². The minimum Gasteiger partial charge on any atom is -0.385 e. The summed E-state index contributed by atoms with van der Waals surface area (Å²) >= 11 is 0. The van der Waals surface area contributed by atoms with Crippen molar-refractivity contribution in [1.82, 2.24) is 15.0 Å². The Labute approximate surface area is 83.9 Å². The van der Waals surface area contributed by atoms with Crippen LogP contribution in [-0.4, -0.2) is 15.0 Å². The molecule has 3 aromatic rings. The highest BCUT2D eigenvalue weighted by Crippen LogP contribution is 2.18. The van der Waals surface area contributed by atoms with Crippen molar-refractivity contribution >= 4 is 27.6 Å². The molecule has 74 valence electrons. The van der Waals surface area contributed by atoms with E-state index in [0.717, 1.165) is 16.4 Å². The second kappa shape index (κ2) is 2.60. The van der Waals surface area contributed by atoms with Gasteiger partial charge >= 0.3 is 0 Å².